The second-order valence-corrected chi connectivity index (χ2v) is 4.47. The van der Waals surface area contributed by atoms with E-state index in [1.807, 2.05) is 0 Å². The number of para-hydroxylation sites is 1. The molecule has 0 aliphatic heterocycles. The van der Waals surface area contributed by atoms with Crippen LogP contribution in [0.15, 0.2) is 30.3 Å². The van der Waals surface area contributed by atoms with Gasteiger partial charge in [-0.1, -0.05) is 12.1 Å². The molecule has 22 heavy (non-hydrogen) atoms. The Morgan fingerprint density at radius 2 is 1.77 bits per heavy atom. The summed E-state index contributed by atoms with van der Waals surface area (Å²) in [7, 11) is 0. The fourth-order valence-corrected chi connectivity index (χ4v) is 1.99. The summed E-state index contributed by atoms with van der Waals surface area (Å²) < 4.78 is 83.3. The van der Waals surface area contributed by atoms with Crippen LogP contribution in [-0.2, 0) is 5.67 Å². The van der Waals surface area contributed by atoms with Gasteiger partial charge in [0.25, 0.3) is 6.43 Å². The van der Waals surface area contributed by atoms with E-state index in [2.05, 4.69) is 4.98 Å². The molecule has 2 rings (SSSR count). The molecule has 1 aromatic heterocycles. The molecule has 1 aromatic carbocycles. The molecule has 0 spiro atoms. The molecule has 0 radical (unpaired) electrons. The van der Waals surface area contributed by atoms with E-state index in [1.165, 1.54) is 18.2 Å². The highest BCUT2D eigenvalue weighted by atomic mass is 19.4. The standard InChI is InChI=1S/C14H11F6NO/c1-2-22-10-7-11(13(17,12(15)16)14(18,19)20)21-9-6-4-3-5-8(9)10/h3-7,12H,2H2,1H3. The van der Waals surface area contributed by atoms with Gasteiger partial charge >= 0.3 is 11.8 Å². The summed E-state index contributed by atoms with van der Waals surface area (Å²) in [6, 6.07) is 6.39. The number of aromatic nitrogens is 1. The van der Waals surface area contributed by atoms with Crippen LogP contribution in [0.1, 0.15) is 12.6 Å². The van der Waals surface area contributed by atoms with Crippen LogP contribution in [0.3, 0.4) is 0 Å². The van der Waals surface area contributed by atoms with Gasteiger partial charge in [-0.2, -0.15) is 13.2 Å². The Bertz CT molecular complexity index is 672. The van der Waals surface area contributed by atoms with Crippen molar-refractivity contribution in [2.24, 2.45) is 0 Å². The Balaban J connectivity index is 2.74. The van der Waals surface area contributed by atoms with Crippen LogP contribution in [0.5, 0.6) is 5.75 Å². The van der Waals surface area contributed by atoms with Gasteiger partial charge in [-0.05, 0) is 19.1 Å². The number of ether oxygens (including phenoxy) is 1. The third-order valence-electron chi connectivity index (χ3n) is 3.06. The second-order valence-electron chi connectivity index (χ2n) is 4.47. The molecule has 120 valence electrons. The molecule has 0 bridgehead atoms. The van der Waals surface area contributed by atoms with Gasteiger partial charge in [-0.3, -0.25) is 0 Å². The van der Waals surface area contributed by atoms with Gasteiger partial charge in [0.1, 0.15) is 5.75 Å². The number of alkyl halides is 6. The van der Waals surface area contributed by atoms with Crippen molar-refractivity contribution in [1.82, 2.24) is 4.98 Å². The van der Waals surface area contributed by atoms with Crippen LogP contribution in [-0.4, -0.2) is 24.2 Å². The molecule has 0 N–H and O–H groups in total. The first-order chi connectivity index (χ1) is 10.2. The third-order valence-corrected chi connectivity index (χ3v) is 3.06. The zero-order valence-corrected chi connectivity index (χ0v) is 11.3. The molecule has 0 aliphatic rings. The predicted molar refractivity (Wildman–Crippen MR) is 67.8 cm³/mol. The van der Waals surface area contributed by atoms with Crippen LogP contribution < -0.4 is 4.74 Å². The molecule has 2 aromatic rings. The molecule has 1 unspecified atom stereocenters. The van der Waals surface area contributed by atoms with E-state index in [1.54, 1.807) is 13.0 Å². The van der Waals surface area contributed by atoms with Crippen LogP contribution in [0.4, 0.5) is 26.3 Å². The quantitative estimate of drug-likeness (QED) is 0.766. The number of rotatable bonds is 4. The number of benzene rings is 1. The maximum atomic E-state index is 14.1. The van der Waals surface area contributed by atoms with E-state index >= 15 is 0 Å². The van der Waals surface area contributed by atoms with Crippen molar-refractivity contribution in [3.8, 4) is 5.75 Å². The zero-order valence-electron chi connectivity index (χ0n) is 11.3. The summed E-state index contributed by atoms with van der Waals surface area (Å²) in [4.78, 5) is 3.42. The molecular weight excluding hydrogens is 312 g/mol. The van der Waals surface area contributed by atoms with E-state index in [0.29, 0.717) is 11.5 Å². The van der Waals surface area contributed by atoms with Crippen LogP contribution in [0, 0.1) is 0 Å². The zero-order chi connectivity index (χ0) is 16.5. The first-order valence-electron chi connectivity index (χ1n) is 6.28. The van der Waals surface area contributed by atoms with Gasteiger partial charge in [0, 0.05) is 11.5 Å². The van der Waals surface area contributed by atoms with Crippen LogP contribution in [0.2, 0.25) is 0 Å². The number of halogens is 6. The van der Waals surface area contributed by atoms with Crippen LogP contribution in [0.25, 0.3) is 10.9 Å². The van der Waals surface area contributed by atoms with Crippen molar-refractivity contribution in [3.05, 3.63) is 36.0 Å². The molecular formula is C14H11F6NO. The van der Waals surface area contributed by atoms with Crippen molar-refractivity contribution in [1.29, 1.82) is 0 Å². The Kier molecular flexibility index (Phi) is 4.21. The molecule has 8 heteroatoms. The third kappa shape index (κ3) is 2.57. The van der Waals surface area contributed by atoms with Gasteiger partial charge < -0.3 is 4.74 Å². The Morgan fingerprint density at radius 3 is 2.32 bits per heavy atom. The summed E-state index contributed by atoms with van der Waals surface area (Å²) in [6.07, 6.45) is -10.1. The average Bonchev–Trinajstić information content (AvgIpc) is 2.45. The first-order valence-corrected chi connectivity index (χ1v) is 6.28. The van der Waals surface area contributed by atoms with Crippen molar-refractivity contribution in [3.63, 3.8) is 0 Å². The summed E-state index contributed by atoms with van der Waals surface area (Å²) in [5, 5.41) is 0.312. The minimum absolute atomic E-state index is 0.0598. The lowest BCUT2D eigenvalue weighted by molar-refractivity contribution is -0.275. The highest BCUT2D eigenvalue weighted by Gasteiger charge is 2.65. The Morgan fingerprint density at radius 1 is 1.14 bits per heavy atom. The summed E-state index contributed by atoms with van der Waals surface area (Å²) >= 11 is 0. The summed E-state index contributed by atoms with van der Waals surface area (Å²) in [6.45, 7) is 1.64. The lowest BCUT2D eigenvalue weighted by Crippen LogP contribution is -2.45. The van der Waals surface area contributed by atoms with Gasteiger partial charge in [-0.15, -0.1) is 0 Å². The first kappa shape index (κ1) is 16.4. The summed E-state index contributed by atoms with van der Waals surface area (Å²) in [5.74, 6) is -0.130. The predicted octanol–water partition coefficient (Wildman–Crippen LogP) is 4.63. The van der Waals surface area contributed by atoms with Crippen LogP contribution >= 0.6 is 0 Å². The molecule has 1 atom stereocenters. The number of pyridine rings is 1. The van der Waals surface area contributed by atoms with E-state index < -0.39 is 24.0 Å². The fraction of sp³-hybridized carbons (Fsp3) is 0.357. The van der Waals surface area contributed by atoms with E-state index in [-0.39, 0.29) is 17.9 Å². The SMILES string of the molecule is CCOc1cc(C(F)(C(F)F)C(F)(F)F)nc2ccccc12. The molecule has 0 aliphatic carbocycles. The van der Waals surface area contributed by atoms with Gasteiger partial charge in [0.15, 0.2) is 0 Å². The number of hydrogen-bond donors (Lipinski definition) is 0. The largest absolute Gasteiger partial charge is 0.493 e. The summed E-state index contributed by atoms with van der Waals surface area (Å²) in [5.41, 5.74) is -6.34. The fourth-order valence-electron chi connectivity index (χ4n) is 1.99. The highest BCUT2D eigenvalue weighted by Crippen LogP contribution is 2.47. The molecule has 0 fully saturated rings. The van der Waals surface area contributed by atoms with E-state index in [9.17, 15) is 26.3 Å². The lowest BCUT2D eigenvalue weighted by atomic mass is 9.99. The maximum absolute atomic E-state index is 14.1. The average molecular weight is 323 g/mol. The molecule has 0 saturated carbocycles. The van der Waals surface area contributed by atoms with E-state index in [0.717, 1.165) is 0 Å². The van der Waals surface area contributed by atoms with Gasteiger partial charge in [-0.25, -0.2) is 18.2 Å². The topological polar surface area (TPSA) is 22.1 Å². The Labute approximate surface area is 121 Å². The lowest BCUT2D eigenvalue weighted by Gasteiger charge is -2.27. The van der Waals surface area contributed by atoms with Crippen molar-refractivity contribution in [2.45, 2.75) is 25.2 Å². The monoisotopic (exact) mass is 323 g/mol. The Hall–Kier alpha value is -1.99. The number of nitrogens with zero attached hydrogens (tertiary/aromatic N) is 1. The van der Waals surface area contributed by atoms with Crippen molar-refractivity contribution in [2.75, 3.05) is 6.61 Å². The molecule has 2 nitrogen and oxygen atoms in total. The minimum atomic E-state index is -5.81. The van der Waals surface area contributed by atoms with Gasteiger partial charge in [0.2, 0.25) is 0 Å². The smallest absolute Gasteiger partial charge is 0.434 e. The van der Waals surface area contributed by atoms with Crippen molar-refractivity contribution < 1.29 is 31.1 Å². The number of hydrogen-bond acceptors (Lipinski definition) is 2. The maximum Gasteiger partial charge on any atom is 0.434 e. The van der Waals surface area contributed by atoms with E-state index in [4.69, 9.17) is 4.74 Å². The molecule has 1 heterocycles. The second kappa shape index (κ2) is 5.66. The normalized spacial score (nSPS) is 15.1. The molecule has 0 saturated heterocycles. The molecule has 0 amide bonds. The highest BCUT2D eigenvalue weighted by molar-refractivity contribution is 5.85. The van der Waals surface area contributed by atoms with Crippen molar-refractivity contribution >= 4 is 10.9 Å². The van der Waals surface area contributed by atoms with Gasteiger partial charge in [0.05, 0.1) is 17.8 Å². The minimum Gasteiger partial charge on any atom is -0.493 e. The number of fused-ring (bicyclic) bond motifs is 1.